The van der Waals surface area contributed by atoms with Crippen molar-refractivity contribution in [1.82, 2.24) is 0 Å². The van der Waals surface area contributed by atoms with Crippen LogP contribution in [0.1, 0.15) is 17.3 Å². The predicted molar refractivity (Wildman–Crippen MR) is 124 cm³/mol. The fourth-order valence-corrected chi connectivity index (χ4v) is 4.90. The number of para-hydroxylation sites is 1. The highest BCUT2D eigenvalue weighted by Crippen LogP contribution is 2.30. The molecule has 0 radical (unpaired) electrons. The van der Waals surface area contributed by atoms with Crippen molar-refractivity contribution < 1.29 is 17.9 Å². The number of rotatable bonds is 7. The molecule has 0 saturated heterocycles. The van der Waals surface area contributed by atoms with Gasteiger partial charge in [-0.2, -0.15) is 0 Å². The Bertz CT molecular complexity index is 1200. The smallest absolute Gasteiger partial charge is 0.264 e. The number of nitrogens with zero attached hydrogens (tertiary/aromatic N) is 1. The molecule has 0 aliphatic rings. The van der Waals surface area contributed by atoms with Gasteiger partial charge in [-0.05, 0) is 55.5 Å². The molecule has 0 aliphatic carbocycles. The van der Waals surface area contributed by atoms with Crippen LogP contribution in [0, 0.1) is 0 Å². The first-order valence-electron chi connectivity index (χ1n) is 9.30. The average molecular weight is 479 g/mol. The van der Waals surface area contributed by atoms with Crippen LogP contribution in [0.3, 0.4) is 0 Å². The molecule has 0 fully saturated rings. The van der Waals surface area contributed by atoms with Crippen molar-refractivity contribution in [2.45, 2.75) is 11.8 Å². The summed E-state index contributed by atoms with van der Waals surface area (Å²) in [7, 11) is -2.46. The summed E-state index contributed by atoms with van der Waals surface area (Å²) in [6.45, 7) is 1.95. The molecule has 3 rings (SSSR count). The van der Waals surface area contributed by atoms with Crippen molar-refractivity contribution in [3.63, 3.8) is 0 Å². The van der Waals surface area contributed by atoms with Gasteiger partial charge in [0.05, 0.1) is 34.0 Å². The standard InChI is InChI=1S/C22H20Cl2N2O4S/c1-3-26(16-7-5-4-6-8-16)31(28,29)17-10-11-19(24)18(14-17)22(27)25-20-13-15(23)9-12-21(20)30-2/h4-14H,3H2,1-2H3,(H,25,27). The van der Waals surface area contributed by atoms with Crippen LogP contribution in [0.2, 0.25) is 10.0 Å². The Labute approximate surface area is 191 Å². The van der Waals surface area contributed by atoms with Crippen molar-refractivity contribution in [3.05, 3.63) is 82.3 Å². The van der Waals surface area contributed by atoms with Gasteiger partial charge in [-0.15, -0.1) is 0 Å². The minimum Gasteiger partial charge on any atom is -0.495 e. The SMILES string of the molecule is CCN(c1ccccc1)S(=O)(=O)c1ccc(Cl)c(C(=O)Nc2cc(Cl)ccc2OC)c1. The van der Waals surface area contributed by atoms with Crippen LogP contribution in [0.15, 0.2) is 71.6 Å². The van der Waals surface area contributed by atoms with Crippen molar-refractivity contribution in [2.75, 3.05) is 23.3 Å². The number of nitrogens with one attached hydrogen (secondary N) is 1. The van der Waals surface area contributed by atoms with Gasteiger partial charge in [0.15, 0.2) is 0 Å². The molecule has 9 heteroatoms. The number of halogens is 2. The molecule has 31 heavy (non-hydrogen) atoms. The maximum absolute atomic E-state index is 13.3. The number of amides is 1. The third-order valence-electron chi connectivity index (χ3n) is 4.51. The second-order valence-corrected chi connectivity index (χ2v) is 9.15. The molecule has 0 aromatic heterocycles. The van der Waals surface area contributed by atoms with E-state index in [2.05, 4.69) is 5.32 Å². The molecule has 3 aromatic carbocycles. The zero-order chi connectivity index (χ0) is 22.6. The Kier molecular flexibility index (Phi) is 7.10. The lowest BCUT2D eigenvalue weighted by atomic mass is 10.2. The minimum absolute atomic E-state index is 0.00823. The predicted octanol–water partition coefficient (Wildman–Crippen LogP) is 5.47. The van der Waals surface area contributed by atoms with Gasteiger partial charge in [0.1, 0.15) is 5.75 Å². The van der Waals surface area contributed by atoms with E-state index < -0.39 is 15.9 Å². The van der Waals surface area contributed by atoms with Gasteiger partial charge in [0.2, 0.25) is 0 Å². The molecule has 0 atom stereocenters. The topological polar surface area (TPSA) is 75.7 Å². The molecule has 0 bridgehead atoms. The summed E-state index contributed by atoms with van der Waals surface area (Å²) in [5.74, 6) is -0.190. The molecule has 0 spiro atoms. The third-order valence-corrected chi connectivity index (χ3v) is 6.98. The van der Waals surface area contributed by atoms with E-state index in [1.807, 2.05) is 0 Å². The van der Waals surface area contributed by atoms with Crippen LogP contribution in [0.5, 0.6) is 5.75 Å². The Hall–Kier alpha value is -2.74. The number of anilines is 2. The van der Waals surface area contributed by atoms with Crippen LogP contribution in [0.25, 0.3) is 0 Å². The van der Waals surface area contributed by atoms with Gasteiger partial charge >= 0.3 is 0 Å². The summed E-state index contributed by atoms with van der Waals surface area (Å²) in [5, 5.41) is 3.19. The molecule has 3 aromatic rings. The zero-order valence-corrected chi connectivity index (χ0v) is 19.1. The van der Waals surface area contributed by atoms with Gasteiger partial charge < -0.3 is 10.1 Å². The molecule has 0 heterocycles. The lowest BCUT2D eigenvalue weighted by Gasteiger charge is -2.23. The first kappa shape index (κ1) is 22.9. The molecular weight excluding hydrogens is 459 g/mol. The largest absolute Gasteiger partial charge is 0.495 e. The molecule has 6 nitrogen and oxygen atoms in total. The monoisotopic (exact) mass is 478 g/mol. The number of methoxy groups -OCH3 is 1. The molecule has 1 amide bonds. The number of carbonyl (C=O) groups is 1. The Morgan fingerprint density at radius 3 is 2.39 bits per heavy atom. The highest BCUT2D eigenvalue weighted by atomic mass is 35.5. The number of sulfonamides is 1. The summed E-state index contributed by atoms with van der Waals surface area (Å²) >= 11 is 12.2. The van der Waals surface area contributed by atoms with Crippen molar-refractivity contribution >= 4 is 50.5 Å². The van der Waals surface area contributed by atoms with E-state index >= 15 is 0 Å². The van der Waals surface area contributed by atoms with E-state index in [0.717, 1.165) is 0 Å². The lowest BCUT2D eigenvalue weighted by molar-refractivity contribution is 0.102. The van der Waals surface area contributed by atoms with Crippen LogP contribution in [-0.4, -0.2) is 28.0 Å². The van der Waals surface area contributed by atoms with Crippen molar-refractivity contribution in [2.24, 2.45) is 0 Å². The quantitative estimate of drug-likeness (QED) is 0.488. The summed E-state index contributed by atoms with van der Waals surface area (Å²) < 4.78 is 33.0. The van der Waals surface area contributed by atoms with Crippen LogP contribution < -0.4 is 14.4 Å². The minimum atomic E-state index is -3.92. The number of hydrogen-bond acceptors (Lipinski definition) is 4. The summed E-state index contributed by atoms with van der Waals surface area (Å²) in [5.41, 5.74) is 0.868. The lowest BCUT2D eigenvalue weighted by Crippen LogP contribution is -2.31. The van der Waals surface area contributed by atoms with E-state index in [1.165, 1.54) is 35.7 Å². The fraction of sp³-hybridized carbons (Fsp3) is 0.136. The second-order valence-electron chi connectivity index (χ2n) is 6.45. The second kappa shape index (κ2) is 9.60. The first-order valence-corrected chi connectivity index (χ1v) is 11.5. The van der Waals surface area contributed by atoms with Gasteiger partial charge in [-0.3, -0.25) is 9.10 Å². The van der Waals surface area contributed by atoms with Crippen LogP contribution in [0.4, 0.5) is 11.4 Å². The Morgan fingerprint density at radius 1 is 1.03 bits per heavy atom. The number of carbonyl (C=O) groups excluding carboxylic acids is 1. The normalized spacial score (nSPS) is 11.1. The molecular formula is C22H20Cl2N2O4S. The average Bonchev–Trinajstić information content (AvgIpc) is 2.75. The Morgan fingerprint density at radius 2 is 1.74 bits per heavy atom. The van der Waals surface area contributed by atoms with Gasteiger partial charge in [-0.25, -0.2) is 8.42 Å². The molecule has 0 aliphatic heterocycles. The third kappa shape index (κ3) is 4.95. The highest BCUT2D eigenvalue weighted by molar-refractivity contribution is 7.92. The fourth-order valence-electron chi connectivity index (χ4n) is 3.02. The summed E-state index contributed by atoms with van der Waals surface area (Å²) in [4.78, 5) is 12.9. The van der Waals surface area contributed by atoms with Gasteiger partial charge in [0, 0.05) is 11.6 Å². The highest BCUT2D eigenvalue weighted by Gasteiger charge is 2.25. The van der Waals surface area contributed by atoms with Crippen molar-refractivity contribution in [3.8, 4) is 5.75 Å². The molecule has 1 N–H and O–H groups in total. The number of benzene rings is 3. The first-order chi connectivity index (χ1) is 14.8. The zero-order valence-electron chi connectivity index (χ0n) is 16.8. The van der Waals surface area contributed by atoms with E-state index in [4.69, 9.17) is 27.9 Å². The van der Waals surface area contributed by atoms with Gasteiger partial charge in [-0.1, -0.05) is 41.4 Å². The Balaban J connectivity index is 1.98. The van der Waals surface area contributed by atoms with E-state index in [1.54, 1.807) is 49.4 Å². The number of hydrogen-bond donors (Lipinski definition) is 1. The maximum Gasteiger partial charge on any atom is 0.264 e. The summed E-state index contributed by atoms with van der Waals surface area (Å²) in [6, 6.07) is 17.5. The van der Waals surface area contributed by atoms with E-state index in [0.29, 0.717) is 22.1 Å². The van der Waals surface area contributed by atoms with E-state index in [-0.39, 0.29) is 22.0 Å². The van der Waals surface area contributed by atoms with Crippen LogP contribution >= 0.6 is 23.2 Å². The van der Waals surface area contributed by atoms with Crippen molar-refractivity contribution in [1.29, 1.82) is 0 Å². The van der Waals surface area contributed by atoms with Gasteiger partial charge in [0.25, 0.3) is 15.9 Å². The summed E-state index contributed by atoms with van der Waals surface area (Å²) in [6.07, 6.45) is 0. The maximum atomic E-state index is 13.3. The molecule has 162 valence electrons. The van der Waals surface area contributed by atoms with E-state index in [9.17, 15) is 13.2 Å². The molecule has 0 saturated carbocycles. The molecule has 0 unspecified atom stereocenters. The number of ether oxygens (including phenoxy) is 1. The van der Waals surface area contributed by atoms with Crippen LogP contribution in [-0.2, 0) is 10.0 Å².